The van der Waals surface area contributed by atoms with Crippen LogP contribution in [-0.2, 0) is 33.2 Å². The number of hydrogen-bond acceptors (Lipinski definition) is 18. The standard InChI is InChI=1S/C77H147NO18/c1-3-5-7-9-11-13-15-17-19-21-23-25-26-27-28-29-30-31-32-33-34-35-37-39-41-43-45-47-49-51-53-55-65(83)78-60(61(82)54-52-50-48-46-44-42-40-38-36-24-22-20-18-16-14-12-10-8-6-4-2)59-91-75-71(89)68(86)73(63(57-80)93-75)96-77-72(90)69(87)74(64(58-81)94-77)95-76-70(88)67(85)66(84)62(56-79)92-76/h21,23,60-64,66-77,79-82,84-90H,3-20,22,24-59H2,1-2H3,(H,78,83)/b23-21-. The van der Waals surface area contributed by atoms with Crippen LogP contribution in [0.2, 0.25) is 0 Å². The Morgan fingerprint density at radius 1 is 0.365 bits per heavy atom. The first-order valence-electron chi connectivity index (χ1n) is 39.9. The zero-order chi connectivity index (χ0) is 69.6. The first kappa shape index (κ1) is 88.7. The van der Waals surface area contributed by atoms with E-state index in [1.807, 2.05) is 0 Å². The molecule has 3 saturated heterocycles. The van der Waals surface area contributed by atoms with Gasteiger partial charge in [0, 0.05) is 6.42 Å². The summed E-state index contributed by atoms with van der Waals surface area (Å²) in [6.07, 6.45) is 41.6. The van der Waals surface area contributed by atoms with Gasteiger partial charge in [0.1, 0.15) is 73.2 Å². The van der Waals surface area contributed by atoms with Crippen LogP contribution in [0.4, 0.5) is 0 Å². The molecule has 0 spiro atoms. The van der Waals surface area contributed by atoms with Gasteiger partial charge < -0.3 is 89.9 Å². The Morgan fingerprint density at radius 3 is 1.01 bits per heavy atom. The summed E-state index contributed by atoms with van der Waals surface area (Å²) in [6, 6.07) is -0.884. The van der Waals surface area contributed by atoms with E-state index in [9.17, 15) is 61.0 Å². The first-order chi connectivity index (χ1) is 46.8. The van der Waals surface area contributed by atoms with Crippen molar-refractivity contribution in [3.05, 3.63) is 12.2 Å². The van der Waals surface area contributed by atoms with Crippen LogP contribution in [-0.4, -0.2) is 193 Å². The van der Waals surface area contributed by atoms with Crippen molar-refractivity contribution in [1.82, 2.24) is 5.32 Å². The van der Waals surface area contributed by atoms with E-state index in [2.05, 4.69) is 31.3 Å². The fourth-order valence-electron chi connectivity index (χ4n) is 13.9. The number of hydrogen-bond donors (Lipinski definition) is 12. The SMILES string of the molecule is CCCCCCCCCC/C=C\CCCCCCCCCCCCCCCCCCCCCC(=O)NC(COC1OC(CO)C(OC2OC(CO)C(OC3OC(CO)C(O)C(O)C3O)C(O)C2O)C(O)C1O)C(O)CCCCCCCCCCCCCCCCCCCCCC. The number of ether oxygens (including phenoxy) is 6. The van der Waals surface area contributed by atoms with Gasteiger partial charge in [-0.1, -0.05) is 309 Å². The van der Waals surface area contributed by atoms with Crippen molar-refractivity contribution in [2.75, 3.05) is 26.4 Å². The molecule has 0 bridgehead atoms. The number of amides is 1. The van der Waals surface area contributed by atoms with E-state index < -0.39 is 124 Å². The van der Waals surface area contributed by atoms with Crippen molar-refractivity contribution >= 4 is 5.91 Å². The van der Waals surface area contributed by atoms with Crippen molar-refractivity contribution < 1.29 is 89.4 Å². The van der Waals surface area contributed by atoms with Crippen LogP contribution in [0, 0.1) is 0 Å². The molecule has 0 radical (unpaired) electrons. The minimum absolute atomic E-state index is 0.235. The third-order valence-corrected chi connectivity index (χ3v) is 20.3. The van der Waals surface area contributed by atoms with Crippen LogP contribution in [0.3, 0.4) is 0 Å². The van der Waals surface area contributed by atoms with Gasteiger partial charge in [-0.25, -0.2) is 0 Å². The molecule has 3 rings (SSSR count). The molecule has 12 N–H and O–H groups in total. The molecule has 17 atom stereocenters. The van der Waals surface area contributed by atoms with Crippen molar-refractivity contribution in [2.24, 2.45) is 0 Å². The fourth-order valence-corrected chi connectivity index (χ4v) is 13.9. The highest BCUT2D eigenvalue weighted by molar-refractivity contribution is 5.76. The van der Waals surface area contributed by atoms with Gasteiger partial charge in [-0.3, -0.25) is 4.79 Å². The molecule has 0 aliphatic carbocycles. The Hall–Kier alpha value is -1.47. The second-order valence-corrected chi connectivity index (χ2v) is 28.9. The molecule has 19 nitrogen and oxygen atoms in total. The van der Waals surface area contributed by atoms with Crippen LogP contribution in [0.25, 0.3) is 0 Å². The monoisotopic (exact) mass is 1370 g/mol. The van der Waals surface area contributed by atoms with Gasteiger partial charge in [-0.05, 0) is 38.5 Å². The molecule has 0 saturated carbocycles. The predicted molar refractivity (Wildman–Crippen MR) is 379 cm³/mol. The first-order valence-corrected chi connectivity index (χ1v) is 39.9. The van der Waals surface area contributed by atoms with E-state index in [0.717, 1.165) is 44.9 Å². The zero-order valence-electron chi connectivity index (χ0n) is 60.6. The van der Waals surface area contributed by atoms with E-state index in [1.165, 1.54) is 263 Å². The highest BCUT2D eigenvalue weighted by atomic mass is 16.8. The summed E-state index contributed by atoms with van der Waals surface area (Å²) in [5, 5.41) is 121. The van der Waals surface area contributed by atoms with Crippen molar-refractivity contribution in [3.63, 3.8) is 0 Å². The summed E-state index contributed by atoms with van der Waals surface area (Å²) in [6.45, 7) is 1.86. The molecule has 3 aliphatic rings. The lowest BCUT2D eigenvalue weighted by Gasteiger charge is -2.48. The molecular weight excluding hydrogens is 1230 g/mol. The number of carbonyl (C=O) groups excluding carboxylic acids is 1. The maximum atomic E-state index is 13.5. The summed E-state index contributed by atoms with van der Waals surface area (Å²) < 4.78 is 34.5. The summed E-state index contributed by atoms with van der Waals surface area (Å²) in [4.78, 5) is 13.5. The van der Waals surface area contributed by atoms with Crippen LogP contribution in [0.5, 0.6) is 0 Å². The second kappa shape index (κ2) is 59.0. The summed E-state index contributed by atoms with van der Waals surface area (Å²) in [5.41, 5.74) is 0. The Morgan fingerprint density at radius 2 is 0.656 bits per heavy atom. The number of nitrogens with one attached hydrogen (secondary N) is 1. The van der Waals surface area contributed by atoms with Crippen LogP contribution in [0.15, 0.2) is 12.2 Å². The van der Waals surface area contributed by atoms with Gasteiger partial charge in [0.05, 0.1) is 38.6 Å². The van der Waals surface area contributed by atoms with E-state index in [4.69, 9.17) is 28.4 Å². The van der Waals surface area contributed by atoms with E-state index in [1.54, 1.807) is 0 Å². The largest absolute Gasteiger partial charge is 0.394 e. The molecule has 0 aromatic carbocycles. The summed E-state index contributed by atoms with van der Waals surface area (Å²) in [7, 11) is 0. The van der Waals surface area contributed by atoms with E-state index >= 15 is 0 Å². The predicted octanol–water partition coefficient (Wildman–Crippen LogP) is 12.8. The fraction of sp³-hybridized carbons (Fsp3) is 0.961. The minimum atomic E-state index is -1.97. The number of rotatable bonds is 64. The summed E-state index contributed by atoms with van der Waals surface area (Å²) >= 11 is 0. The Bertz CT molecular complexity index is 1790. The van der Waals surface area contributed by atoms with Gasteiger partial charge in [-0.2, -0.15) is 0 Å². The maximum Gasteiger partial charge on any atom is 0.220 e. The normalized spacial score (nSPS) is 27.0. The van der Waals surface area contributed by atoms with Gasteiger partial charge in [0.25, 0.3) is 0 Å². The molecule has 0 aromatic rings. The lowest BCUT2D eigenvalue weighted by Crippen LogP contribution is -2.66. The number of aliphatic hydroxyl groups is 11. The van der Waals surface area contributed by atoms with Crippen molar-refractivity contribution in [1.29, 1.82) is 0 Å². The molecule has 0 aromatic heterocycles. The van der Waals surface area contributed by atoms with E-state index in [-0.39, 0.29) is 18.9 Å². The maximum absolute atomic E-state index is 13.5. The van der Waals surface area contributed by atoms with Gasteiger partial charge in [0.15, 0.2) is 18.9 Å². The highest BCUT2D eigenvalue weighted by Crippen LogP contribution is 2.33. The third-order valence-electron chi connectivity index (χ3n) is 20.3. The molecular formula is C77H147NO18. The number of aliphatic hydroxyl groups excluding tert-OH is 11. The average molecular weight is 1380 g/mol. The van der Waals surface area contributed by atoms with Crippen LogP contribution in [0.1, 0.15) is 341 Å². The Labute approximate surface area is 582 Å². The Kier molecular flexibility index (Phi) is 54.5. The average Bonchev–Trinajstić information content (AvgIpc) is 0.786. The van der Waals surface area contributed by atoms with Crippen molar-refractivity contribution in [3.8, 4) is 0 Å². The lowest BCUT2D eigenvalue weighted by atomic mass is 9.96. The minimum Gasteiger partial charge on any atom is -0.394 e. The third kappa shape index (κ3) is 39.3. The van der Waals surface area contributed by atoms with Crippen LogP contribution >= 0.6 is 0 Å². The molecule has 19 heteroatoms. The zero-order valence-corrected chi connectivity index (χ0v) is 60.6. The molecule has 3 heterocycles. The Balaban J connectivity index is 1.35. The number of carbonyl (C=O) groups is 1. The highest BCUT2D eigenvalue weighted by Gasteiger charge is 2.54. The quantitative estimate of drug-likeness (QED) is 0.0199. The van der Waals surface area contributed by atoms with Crippen LogP contribution < -0.4 is 5.32 Å². The molecule has 96 heavy (non-hydrogen) atoms. The van der Waals surface area contributed by atoms with Gasteiger partial charge in [-0.15, -0.1) is 0 Å². The molecule has 17 unspecified atom stereocenters. The number of allylic oxidation sites excluding steroid dienone is 2. The molecule has 1 amide bonds. The second-order valence-electron chi connectivity index (χ2n) is 28.9. The van der Waals surface area contributed by atoms with Crippen molar-refractivity contribution in [2.45, 2.75) is 446 Å². The van der Waals surface area contributed by atoms with Gasteiger partial charge in [0.2, 0.25) is 5.91 Å². The molecule has 3 fully saturated rings. The lowest BCUT2D eigenvalue weighted by molar-refractivity contribution is -0.379. The van der Waals surface area contributed by atoms with E-state index in [0.29, 0.717) is 12.8 Å². The van der Waals surface area contributed by atoms with Gasteiger partial charge >= 0.3 is 0 Å². The smallest absolute Gasteiger partial charge is 0.220 e. The topological polar surface area (TPSA) is 307 Å². The summed E-state index contributed by atoms with van der Waals surface area (Å²) in [5.74, 6) is -0.235. The molecule has 568 valence electrons. The number of unbranched alkanes of at least 4 members (excludes halogenated alkanes) is 46. The molecule has 3 aliphatic heterocycles.